The van der Waals surface area contributed by atoms with E-state index in [-0.39, 0.29) is 5.91 Å². The van der Waals surface area contributed by atoms with Crippen LogP contribution in [0.25, 0.3) is 15.9 Å². The summed E-state index contributed by atoms with van der Waals surface area (Å²) >= 11 is 3.27. The molecular weight excluding hydrogens is 378 g/mol. The van der Waals surface area contributed by atoms with Crippen molar-refractivity contribution in [1.29, 1.82) is 0 Å². The van der Waals surface area contributed by atoms with Crippen LogP contribution in [0.15, 0.2) is 11.5 Å². The molecular formula is C19H23N5OS2. The third kappa shape index (κ3) is 3.12. The summed E-state index contributed by atoms with van der Waals surface area (Å²) in [5.41, 5.74) is 2.31. The smallest absolute Gasteiger partial charge is 0.233 e. The van der Waals surface area contributed by atoms with Crippen molar-refractivity contribution in [2.45, 2.75) is 50.6 Å². The van der Waals surface area contributed by atoms with E-state index in [1.54, 1.807) is 11.3 Å². The molecule has 0 radical (unpaired) electrons. The zero-order valence-corrected chi connectivity index (χ0v) is 17.1. The van der Waals surface area contributed by atoms with Gasteiger partial charge in [-0.25, -0.2) is 4.98 Å². The molecule has 1 amide bonds. The quantitative estimate of drug-likeness (QED) is 0.628. The van der Waals surface area contributed by atoms with Gasteiger partial charge in [0.05, 0.1) is 11.1 Å². The number of carbonyl (C=O) groups is 1. The molecule has 2 aliphatic rings. The molecule has 3 aromatic rings. The van der Waals surface area contributed by atoms with E-state index < -0.39 is 0 Å². The van der Waals surface area contributed by atoms with Crippen molar-refractivity contribution in [3.8, 4) is 0 Å². The average Bonchev–Trinajstić information content (AvgIpc) is 3.26. The van der Waals surface area contributed by atoms with Crippen molar-refractivity contribution >= 4 is 44.9 Å². The molecule has 1 fully saturated rings. The molecule has 1 saturated heterocycles. The van der Waals surface area contributed by atoms with Gasteiger partial charge in [-0.05, 0) is 50.0 Å². The van der Waals surface area contributed by atoms with E-state index in [4.69, 9.17) is 0 Å². The number of fused-ring (bicyclic) bond motifs is 5. The van der Waals surface area contributed by atoms with Gasteiger partial charge in [0, 0.05) is 18.0 Å². The number of nitrogens with zero attached hydrogens (tertiary/aromatic N) is 5. The molecule has 8 heteroatoms. The minimum atomic E-state index is 0.201. The Balaban J connectivity index is 1.43. The van der Waals surface area contributed by atoms with Gasteiger partial charge in [0.1, 0.15) is 11.2 Å². The molecule has 5 rings (SSSR count). The summed E-state index contributed by atoms with van der Waals surface area (Å²) in [5.74, 6) is 1.36. The van der Waals surface area contributed by atoms with E-state index in [9.17, 15) is 4.79 Å². The Morgan fingerprint density at radius 3 is 3.00 bits per heavy atom. The number of aryl methyl sites for hydroxylation is 1. The Morgan fingerprint density at radius 2 is 2.15 bits per heavy atom. The number of rotatable bonds is 3. The van der Waals surface area contributed by atoms with Crippen LogP contribution < -0.4 is 0 Å². The first-order valence-corrected chi connectivity index (χ1v) is 11.6. The molecule has 1 atom stereocenters. The standard InChI is InChI=1S/C19H23N5OS2/c1-12-5-6-13-14(9-12)27-18-16(13)17-21-22-19(24(17)11-20-18)26-10-15(25)23-7-3-2-4-8-23/h11-12H,2-10H2,1H3. The zero-order valence-electron chi connectivity index (χ0n) is 15.5. The summed E-state index contributed by atoms with van der Waals surface area (Å²) in [6.45, 7) is 4.10. The average molecular weight is 402 g/mol. The summed E-state index contributed by atoms with van der Waals surface area (Å²) in [5, 5.41) is 10.8. The largest absolute Gasteiger partial charge is 0.342 e. The number of aromatic nitrogens is 4. The first-order chi connectivity index (χ1) is 13.2. The molecule has 0 saturated carbocycles. The lowest BCUT2D eigenvalue weighted by Crippen LogP contribution is -2.36. The van der Waals surface area contributed by atoms with Crippen LogP contribution >= 0.6 is 23.1 Å². The highest BCUT2D eigenvalue weighted by Gasteiger charge is 2.24. The molecule has 1 unspecified atom stereocenters. The van der Waals surface area contributed by atoms with Crippen LogP contribution in [0.5, 0.6) is 0 Å². The Hall–Kier alpha value is -1.67. The Morgan fingerprint density at radius 1 is 1.30 bits per heavy atom. The van der Waals surface area contributed by atoms with Crippen molar-refractivity contribution in [2.75, 3.05) is 18.8 Å². The van der Waals surface area contributed by atoms with E-state index in [0.29, 0.717) is 5.75 Å². The zero-order chi connectivity index (χ0) is 18.4. The first kappa shape index (κ1) is 17.4. The van der Waals surface area contributed by atoms with Crippen molar-refractivity contribution in [2.24, 2.45) is 5.92 Å². The van der Waals surface area contributed by atoms with Gasteiger partial charge in [0.2, 0.25) is 5.91 Å². The number of thioether (sulfide) groups is 1. The first-order valence-electron chi connectivity index (χ1n) is 9.75. The van der Waals surface area contributed by atoms with Crippen LogP contribution in [0.2, 0.25) is 0 Å². The van der Waals surface area contributed by atoms with Crippen molar-refractivity contribution < 1.29 is 4.79 Å². The molecule has 142 valence electrons. The van der Waals surface area contributed by atoms with Crippen molar-refractivity contribution in [3.05, 3.63) is 16.8 Å². The third-order valence-electron chi connectivity index (χ3n) is 5.71. The van der Waals surface area contributed by atoms with Gasteiger partial charge in [-0.15, -0.1) is 21.5 Å². The Kier molecular flexibility index (Phi) is 4.55. The summed E-state index contributed by atoms with van der Waals surface area (Å²) in [6.07, 6.45) is 8.75. The minimum Gasteiger partial charge on any atom is -0.342 e. The van der Waals surface area contributed by atoms with E-state index in [2.05, 4.69) is 22.1 Å². The number of thiophene rings is 1. The highest BCUT2D eigenvalue weighted by Crippen LogP contribution is 2.39. The third-order valence-corrected chi connectivity index (χ3v) is 7.80. The lowest BCUT2D eigenvalue weighted by Gasteiger charge is -2.26. The predicted molar refractivity (Wildman–Crippen MR) is 109 cm³/mol. The maximum atomic E-state index is 12.5. The summed E-state index contributed by atoms with van der Waals surface area (Å²) < 4.78 is 1.96. The molecule has 4 heterocycles. The molecule has 0 aromatic carbocycles. The Bertz CT molecular complexity index is 1000. The second-order valence-corrected chi connectivity index (χ2v) is 9.71. The SMILES string of the molecule is CC1CCc2c(sc3ncn4c(SCC(=O)N5CCCCC5)nnc4c23)C1. The maximum absolute atomic E-state index is 12.5. The van der Waals surface area contributed by atoms with Gasteiger partial charge in [0.15, 0.2) is 10.8 Å². The number of carbonyl (C=O) groups excluding carboxylic acids is 1. The minimum absolute atomic E-state index is 0.201. The van der Waals surface area contributed by atoms with Crippen LogP contribution in [-0.2, 0) is 17.6 Å². The molecule has 27 heavy (non-hydrogen) atoms. The van der Waals surface area contributed by atoms with Gasteiger partial charge in [-0.1, -0.05) is 18.7 Å². The fraction of sp³-hybridized carbons (Fsp3) is 0.579. The molecule has 0 bridgehead atoms. The fourth-order valence-electron chi connectivity index (χ4n) is 4.18. The van der Waals surface area contributed by atoms with Gasteiger partial charge < -0.3 is 4.90 Å². The van der Waals surface area contributed by atoms with E-state index in [0.717, 1.165) is 60.3 Å². The van der Waals surface area contributed by atoms with E-state index in [1.807, 2.05) is 15.6 Å². The number of piperidine rings is 1. The normalized spacial score (nSPS) is 20.3. The number of hydrogen-bond acceptors (Lipinski definition) is 6. The van der Waals surface area contributed by atoms with Gasteiger partial charge >= 0.3 is 0 Å². The molecule has 1 aliphatic carbocycles. The van der Waals surface area contributed by atoms with Gasteiger partial charge in [-0.3, -0.25) is 9.20 Å². The van der Waals surface area contributed by atoms with Crippen molar-refractivity contribution in [1.82, 2.24) is 24.5 Å². The molecule has 3 aromatic heterocycles. The predicted octanol–water partition coefficient (Wildman–Crippen LogP) is 3.57. The van der Waals surface area contributed by atoms with Gasteiger partial charge in [0.25, 0.3) is 0 Å². The summed E-state index contributed by atoms with van der Waals surface area (Å²) in [4.78, 5) is 21.6. The highest BCUT2D eigenvalue weighted by molar-refractivity contribution is 7.99. The molecule has 6 nitrogen and oxygen atoms in total. The summed E-state index contributed by atoms with van der Waals surface area (Å²) in [7, 11) is 0. The molecule has 0 spiro atoms. The van der Waals surface area contributed by atoms with E-state index >= 15 is 0 Å². The lowest BCUT2D eigenvalue weighted by molar-refractivity contribution is -0.129. The molecule has 1 aliphatic heterocycles. The summed E-state index contributed by atoms with van der Waals surface area (Å²) in [6, 6.07) is 0. The van der Waals surface area contributed by atoms with Crippen LogP contribution in [0, 0.1) is 5.92 Å². The van der Waals surface area contributed by atoms with Crippen LogP contribution in [-0.4, -0.2) is 49.2 Å². The highest BCUT2D eigenvalue weighted by atomic mass is 32.2. The van der Waals surface area contributed by atoms with E-state index in [1.165, 1.54) is 40.4 Å². The number of amides is 1. The van der Waals surface area contributed by atoms with Crippen molar-refractivity contribution in [3.63, 3.8) is 0 Å². The lowest BCUT2D eigenvalue weighted by atomic mass is 9.89. The second-order valence-electron chi connectivity index (χ2n) is 7.68. The maximum Gasteiger partial charge on any atom is 0.233 e. The van der Waals surface area contributed by atoms with Gasteiger partial charge in [-0.2, -0.15) is 0 Å². The monoisotopic (exact) mass is 401 g/mol. The Labute approximate surface area is 166 Å². The van der Waals surface area contributed by atoms with Crippen LogP contribution in [0.4, 0.5) is 0 Å². The fourth-order valence-corrected chi connectivity index (χ4v) is 6.33. The van der Waals surface area contributed by atoms with Crippen LogP contribution in [0.3, 0.4) is 0 Å². The number of hydrogen-bond donors (Lipinski definition) is 0. The molecule has 0 N–H and O–H groups in total. The van der Waals surface area contributed by atoms with Crippen LogP contribution in [0.1, 0.15) is 43.0 Å². The number of likely N-dealkylation sites (tertiary alicyclic amines) is 1. The topological polar surface area (TPSA) is 63.4 Å². The second kappa shape index (κ2) is 7.05.